The van der Waals surface area contributed by atoms with Crippen molar-refractivity contribution in [3.05, 3.63) is 0 Å². The van der Waals surface area contributed by atoms with Crippen molar-refractivity contribution >= 4 is 5.97 Å². The number of hydrogen-bond donors (Lipinski definition) is 1. The maximum absolute atomic E-state index is 11.5. The van der Waals surface area contributed by atoms with Crippen molar-refractivity contribution in [1.29, 1.82) is 0 Å². The lowest BCUT2D eigenvalue weighted by atomic mass is 9.92. The summed E-state index contributed by atoms with van der Waals surface area (Å²) >= 11 is 0. The highest BCUT2D eigenvalue weighted by Crippen LogP contribution is 2.24. The first-order valence-electron chi connectivity index (χ1n) is 5.86. The Kier molecular flexibility index (Phi) is 5.73. The topological polar surface area (TPSA) is 70.8 Å². The normalized spacial score (nSPS) is 27.4. The molecule has 0 radical (unpaired) electrons. The van der Waals surface area contributed by atoms with E-state index in [-0.39, 0.29) is 18.2 Å². The zero-order valence-electron chi connectivity index (χ0n) is 9.98. The quantitative estimate of drug-likeness (QED) is 0.704. The third-order valence-electron chi connectivity index (χ3n) is 2.66. The van der Waals surface area contributed by atoms with Gasteiger partial charge in [0, 0.05) is 19.1 Å². The summed E-state index contributed by atoms with van der Waals surface area (Å²) in [7, 11) is 0. The van der Waals surface area contributed by atoms with E-state index in [1.54, 1.807) is 6.92 Å². The molecular formula is C11H21NO4. The van der Waals surface area contributed by atoms with Gasteiger partial charge < -0.3 is 19.9 Å². The molecule has 0 unspecified atom stereocenters. The number of carbonyl (C=O) groups excluding carboxylic acids is 1. The predicted octanol–water partition coefficient (Wildman–Crippen LogP) is 0.666. The predicted molar refractivity (Wildman–Crippen MR) is 58.7 cm³/mol. The van der Waals surface area contributed by atoms with E-state index in [4.69, 9.17) is 19.9 Å². The van der Waals surface area contributed by atoms with Crippen molar-refractivity contribution in [3.63, 3.8) is 0 Å². The minimum absolute atomic E-state index is 0.104. The summed E-state index contributed by atoms with van der Waals surface area (Å²) in [5.74, 6) is -0.476. The molecule has 2 N–H and O–H groups in total. The highest BCUT2D eigenvalue weighted by molar-refractivity contribution is 5.75. The molecule has 0 aromatic carbocycles. The van der Waals surface area contributed by atoms with Crippen LogP contribution < -0.4 is 5.73 Å². The highest BCUT2D eigenvalue weighted by atomic mass is 16.7. The van der Waals surface area contributed by atoms with Gasteiger partial charge in [0.2, 0.25) is 0 Å². The third kappa shape index (κ3) is 3.43. The van der Waals surface area contributed by atoms with Crippen LogP contribution in [0, 0.1) is 5.92 Å². The summed E-state index contributed by atoms with van der Waals surface area (Å²) in [6, 6.07) is -0.656. The summed E-state index contributed by atoms with van der Waals surface area (Å²) in [6.45, 7) is 5.22. The molecule has 1 rings (SSSR count). The summed E-state index contributed by atoms with van der Waals surface area (Å²) in [6.07, 6.45) is 1.37. The molecule has 1 saturated heterocycles. The molecule has 0 aliphatic carbocycles. The van der Waals surface area contributed by atoms with E-state index in [9.17, 15) is 4.79 Å². The van der Waals surface area contributed by atoms with Crippen molar-refractivity contribution in [1.82, 2.24) is 0 Å². The van der Waals surface area contributed by atoms with Gasteiger partial charge in [-0.1, -0.05) is 0 Å². The van der Waals surface area contributed by atoms with Crippen LogP contribution in [0.5, 0.6) is 0 Å². The van der Waals surface area contributed by atoms with Gasteiger partial charge in [0.25, 0.3) is 0 Å². The third-order valence-corrected chi connectivity index (χ3v) is 2.66. The summed E-state index contributed by atoms with van der Waals surface area (Å²) in [4.78, 5) is 11.5. The number of hydrogen-bond acceptors (Lipinski definition) is 5. The van der Waals surface area contributed by atoms with Crippen LogP contribution in [-0.2, 0) is 19.0 Å². The Balaban J connectivity index is 2.55. The van der Waals surface area contributed by atoms with E-state index in [2.05, 4.69) is 0 Å². The number of carbonyl (C=O) groups is 1. The maximum Gasteiger partial charge on any atom is 0.323 e. The van der Waals surface area contributed by atoms with Gasteiger partial charge in [-0.2, -0.15) is 0 Å². The fourth-order valence-electron chi connectivity index (χ4n) is 1.88. The van der Waals surface area contributed by atoms with Gasteiger partial charge in [-0.25, -0.2) is 0 Å². The second kappa shape index (κ2) is 6.83. The molecule has 0 spiro atoms. The molecule has 5 nitrogen and oxygen atoms in total. The van der Waals surface area contributed by atoms with Gasteiger partial charge >= 0.3 is 5.97 Å². The fraction of sp³-hybridized carbons (Fsp3) is 0.909. The first kappa shape index (κ1) is 13.4. The first-order valence-corrected chi connectivity index (χ1v) is 5.86. The molecule has 1 fully saturated rings. The van der Waals surface area contributed by atoms with E-state index in [1.165, 1.54) is 0 Å². The van der Waals surface area contributed by atoms with Crippen LogP contribution in [0.15, 0.2) is 0 Å². The van der Waals surface area contributed by atoms with Crippen LogP contribution in [0.1, 0.15) is 26.7 Å². The Morgan fingerprint density at radius 1 is 1.50 bits per heavy atom. The van der Waals surface area contributed by atoms with E-state index in [1.807, 2.05) is 6.92 Å². The Morgan fingerprint density at radius 3 is 2.88 bits per heavy atom. The molecular weight excluding hydrogens is 210 g/mol. The smallest absolute Gasteiger partial charge is 0.323 e. The monoisotopic (exact) mass is 231 g/mol. The summed E-state index contributed by atoms with van der Waals surface area (Å²) in [5.41, 5.74) is 5.86. The van der Waals surface area contributed by atoms with Crippen molar-refractivity contribution in [2.24, 2.45) is 11.7 Å². The van der Waals surface area contributed by atoms with Crippen LogP contribution in [0.4, 0.5) is 0 Å². The minimum Gasteiger partial charge on any atom is -0.465 e. The van der Waals surface area contributed by atoms with E-state index in [0.29, 0.717) is 19.8 Å². The second-order valence-corrected chi connectivity index (χ2v) is 3.78. The van der Waals surface area contributed by atoms with Gasteiger partial charge in [0.1, 0.15) is 6.04 Å². The Labute approximate surface area is 96.2 Å². The molecule has 1 aliphatic rings. The zero-order chi connectivity index (χ0) is 12.0. The average molecular weight is 231 g/mol. The number of ether oxygens (including phenoxy) is 3. The zero-order valence-corrected chi connectivity index (χ0v) is 9.98. The van der Waals surface area contributed by atoms with Crippen molar-refractivity contribution in [3.8, 4) is 0 Å². The van der Waals surface area contributed by atoms with Crippen molar-refractivity contribution in [2.45, 2.75) is 39.0 Å². The molecule has 0 bridgehead atoms. The molecule has 0 aromatic rings. The fourth-order valence-corrected chi connectivity index (χ4v) is 1.88. The van der Waals surface area contributed by atoms with Gasteiger partial charge in [0.15, 0.2) is 6.29 Å². The lowest BCUT2D eigenvalue weighted by Crippen LogP contribution is -2.48. The standard InChI is InChI=1S/C11H21NO4/c1-3-14-10(13)9(12)8-6-5-7-16-11(8)15-4-2/h8-9,11H,3-7,12H2,1-2H3/t8-,9+,11+/m0/s1. The maximum atomic E-state index is 11.5. The number of esters is 1. The first-order chi connectivity index (χ1) is 7.70. The molecule has 1 aliphatic heterocycles. The van der Waals surface area contributed by atoms with Crippen LogP contribution >= 0.6 is 0 Å². The summed E-state index contributed by atoms with van der Waals surface area (Å²) in [5, 5.41) is 0. The molecule has 0 saturated carbocycles. The van der Waals surface area contributed by atoms with Crippen LogP contribution in [0.3, 0.4) is 0 Å². The second-order valence-electron chi connectivity index (χ2n) is 3.78. The molecule has 1 heterocycles. The van der Waals surface area contributed by atoms with Crippen LogP contribution in [-0.4, -0.2) is 38.1 Å². The molecule has 0 aromatic heterocycles. The Hall–Kier alpha value is -0.650. The van der Waals surface area contributed by atoms with E-state index >= 15 is 0 Å². The van der Waals surface area contributed by atoms with Crippen molar-refractivity contribution < 1.29 is 19.0 Å². The van der Waals surface area contributed by atoms with Gasteiger partial charge in [-0.3, -0.25) is 4.79 Å². The average Bonchev–Trinajstić information content (AvgIpc) is 2.29. The lowest BCUT2D eigenvalue weighted by molar-refractivity contribution is -0.199. The number of rotatable bonds is 5. The minimum atomic E-state index is -0.656. The van der Waals surface area contributed by atoms with Gasteiger partial charge in [-0.15, -0.1) is 0 Å². The Morgan fingerprint density at radius 2 is 2.25 bits per heavy atom. The molecule has 16 heavy (non-hydrogen) atoms. The SMILES string of the molecule is CCOC(=O)[C@H](N)[C@@H]1CCCO[C@H]1OCC. The van der Waals surface area contributed by atoms with Crippen LogP contribution in [0.25, 0.3) is 0 Å². The molecule has 0 amide bonds. The van der Waals surface area contributed by atoms with Gasteiger partial charge in [0.05, 0.1) is 6.61 Å². The molecule has 3 atom stereocenters. The van der Waals surface area contributed by atoms with Gasteiger partial charge in [-0.05, 0) is 26.7 Å². The largest absolute Gasteiger partial charge is 0.465 e. The highest BCUT2D eigenvalue weighted by Gasteiger charge is 2.35. The summed E-state index contributed by atoms with van der Waals surface area (Å²) < 4.78 is 15.8. The number of nitrogens with two attached hydrogens (primary N) is 1. The Bertz CT molecular complexity index is 220. The van der Waals surface area contributed by atoms with E-state index < -0.39 is 6.04 Å². The van der Waals surface area contributed by atoms with Crippen molar-refractivity contribution in [2.75, 3.05) is 19.8 Å². The van der Waals surface area contributed by atoms with Crippen LogP contribution in [0.2, 0.25) is 0 Å². The van der Waals surface area contributed by atoms with E-state index in [0.717, 1.165) is 12.8 Å². The lowest BCUT2D eigenvalue weighted by Gasteiger charge is -2.33. The molecule has 5 heteroatoms. The molecule has 94 valence electrons.